The molecule has 1 saturated heterocycles. The zero-order chi connectivity index (χ0) is 23.9. The molecule has 5 nitrogen and oxygen atoms in total. The second kappa shape index (κ2) is 8.90. The summed E-state index contributed by atoms with van der Waals surface area (Å²) in [6.07, 6.45) is 7.09. The van der Waals surface area contributed by atoms with Gasteiger partial charge in [-0.25, -0.2) is 8.42 Å². The van der Waals surface area contributed by atoms with Gasteiger partial charge >= 0.3 is 0 Å². The smallest absolute Gasteiger partial charge is 0.229 e. The summed E-state index contributed by atoms with van der Waals surface area (Å²) in [7, 11) is 0.931. The number of hydrogen-bond acceptors (Lipinski definition) is 4. The molecule has 2 unspecified atom stereocenters. The monoisotopic (exact) mass is 477 g/mol. The van der Waals surface area contributed by atoms with Crippen LogP contribution < -0.4 is 9.62 Å². The Morgan fingerprint density at radius 1 is 1.03 bits per heavy atom. The molecule has 2 fully saturated rings. The normalized spacial score (nSPS) is 23.1. The van der Waals surface area contributed by atoms with Crippen LogP contribution in [0.1, 0.15) is 43.2 Å². The quantitative estimate of drug-likeness (QED) is 0.519. The lowest BCUT2D eigenvalue weighted by atomic mass is 9.63. The fourth-order valence-electron chi connectivity index (χ4n) is 6.24. The third-order valence-electron chi connectivity index (χ3n) is 7.84. The topological polar surface area (TPSA) is 52.6 Å². The Morgan fingerprint density at radius 2 is 1.82 bits per heavy atom. The molecule has 3 aromatic carbocycles. The molecule has 0 radical (unpaired) electrons. The summed E-state index contributed by atoms with van der Waals surface area (Å²) in [5, 5.41) is 2.66. The van der Waals surface area contributed by atoms with Crippen LogP contribution in [0.3, 0.4) is 0 Å². The molecule has 0 aromatic heterocycles. The SMILES string of the molecule is CN(C)c1ccc(CN2CCC3(c4cccc(NS(C)(=O)=O)c4)CCCC2C3)c2ccccc12. The summed E-state index contributed by atoms with van der Waals surface area (Å²) in [6.45, 7) is 2.04. The second-order valence-electron chi connectivity index (χ2n) is 10.4. The molecule has 5 rings (SSSR count). The number of fused-ring (bicyclic) bond motifs is 3. The first-order valence-electron chi connectivity index (χ1n) is 12.2. The average Bonchev–Trinajstić information content (AvgIpc) is 2.80. The summed E-state index contributed by atoms with van der Waals surface area (Å²) >= 11 is 0. The highest BCUT2D eigenvalue weighted by atomic mass is 32.2. The van der Waals surface area contributed by atoms with Crippen molar-refractivity contribution in [3.8, 4) is 0 Å². The molecule has 2 aliphatic rings. The van der Waals surface area contributed by atoms with E-state index in [2.05, 4.69) is 77.1 Å². The third-order valence-corrected chi connectivity index (χ3v) is 8.44. The number of anilines is 2. The highest BCUT2D eigenvalue weighted by Crippen LogP contribution is 2.48. The Bertz CT molecular complexity index is 1300. The molecule has 2 bridgehead atoms. The number of hydrogen-bond donors (Lipinski definition) is 1. The molecule has 1 heterocycles. The van der Waals surface area contributed by atoms with Gasteiger partial charge in [-0.1, -0.05) is 48.9 Å². The number of nitrogens with one attached hydrogen (secondary N) is 1. The van der Waals surface area contributed by atoms with E-state index in [0.29, 0.717) is 11.7 Å². The van der Waals surface area contributed by atoms with Crippen molar-refractivity contribution in [2.75, 3.05) is 36.5 Å². The fourth-order valence-corrected chi connectivity index (χ4v) is 6.80. The van der Waals surface area contributed by atoms with Gasteiger partial charge < -0.3 is 4.90 Å². The van der Waals surface area contributed by atoms with Crippen LogP contribution in [0.4, 0.5) is 11.4 Å². The van der Waals surface area contributed by atoms with Crippen LogP contribution in [0, 0.1) is 0 Å². The first-order chi connectivity index (χ1) is 16.2. The number of sulfonamides is 1. The molecule has 6 heteroatoms. The van der Waals surface area contributed by atoms with E-state index in [1.54, 1.807) is 0 Å². The van der Waals surface area contributed by atoms with E-state index in [-0.39, 0.29) is 5.41 Å². The van der Waals surface area contributed by atoms with Gasteiger partial charge in [-0.3, -0.25) is 9.62 Å². The zero-order valence-electron chi connectivity index (χ0n) is 20.4. The van der Waals surface area contributed by atoms with Gasteiger partial charge in [-0.2, -0.15) is 0 Å². The number of rotatable bonds is 6. The van der Waals surface area contributed by atoms with Gasteiger partial charge in [0.1, 0.15) is 0 Å². The highest BCUT2D eigenvalue weighted by Gasteiger charge is 2.43. The summed E-state index contributed by atoms with van der Waals surface area (Å²) in [5.41, 5.74) is 4.76. The van der Waals surface area contributed by atoms with Gasteiger partial charge in [0.15, 0.2) is 0 Å². The third kappa shape index (κ3) is 4.53. The predicted octanol–water partition coefficient (Wildman–Crippen LogP) is 5.36. The molecule has 1 aliphatic heterocycles. The molecule has 0 spiro atoms. The van der Waals surface area contributed by atoms with E-state index in [1.807, 2.05) is 12.1 Å². The van der Waals surface area contributed by atoms with Crippen LogP contribution >= 0.6 is 0 Å². The Kier molecular flexibility index (Phi) is 6.07. The van der Waals surface area contributed by atoms with Crippen LogP contribution in [0.2, 0.25) is 0 Å². The molecule has 180 valence electrons. The number of nitrogens with zero attached hydrogens (tertiary/aromatic N) is 2. The zero-order valence-corrected chi connectivity index (χ0v) is 21.2. The van der Waals surface area contributed by atoms with E-state index >= 15 is 0 Å². The molecule has 1 N–H and O–H groups in total. The number of benzene rings is 3. The lowest BCUT2D eigenvalue weighted by molar-refractivity contribution is 0.0462. The van der Waals surface area contributed by atoms with Gasteiger partial charge in [0.2, 0.25) is 10.0 Å². The molecule has 2 atom stereocenters. The number of piperidine rings is 1. The van der Waals surface area contributed by atoms with E-state index in [1.165, 1.54) is 53.1 Å². The van der Waals surface area contributed by atoms with Crippen LogP contribution in [-0.4, -0.2) is 46.3 Å². The lowest BCUT2D eigenvalue weighted by Crippen LogP contribution is -2.51. The minimum Gasteiger partial charge on any atom is -0.377 e. The molecular weight excluding hydrogens is 442 g/mol. The molecule has 1 aliphatic carbocycles. The van der Waals surface area contributed by atoms with Crippen LogP contribution in [0.15, 0.2) is 60.7 Å². The van der Waals surface area contributed by atoms with Gasteiger partial charge in [0.25, 0.3) is 0 Å². The first-order valence-corrected chi connectivity index (χ1v) is 14.1. The second-order valence-corrected chi connectivity index (χ2v) is 12.1. The van der Waals surface area contributed by atoms with Crippen LogP contribution in [0.5, 0.6) is 0 Å². The van der Waals surface area contributed by atoms with Gasteiger partial charge in [0, 0.05) is 43.4 Å². The molecule has 0 amide bonds. The Hall–Kier alpha value is -2.57. The maximum Gasteiger partial charge on any atom is 0.229 e. The van der Waals surface area contributed by atoms with Crippen molar-refractivity contribution in [1.82, 2.24) is 4.90 Å². The molecule has 1 saturated carbocycles. The van der Waals surface area contributed by atoms with E-state index in [9.17, 15) is 8.42 Å². The van der Waals surface area contributed by atoms with Crippen molar-refractivity contribution in [2.24, 2.45) is 0 Å². The average molecular weight is 478 g/mol. The van der Waals surface area contributed by atoms with Crippen molar-refractivity contribution in [2.45, 2.75) is 50.1 Å². The summed E-state index contributed by atoms with van der Waals surface area (Å²) in [6, 6.07) is 22.0. The fraction of sp³-hybridized carbons (Fsp3) is 0.429. The Balaban J connectivity index is 1.39. The number of likely N-dealkylation sites (tertiary alicyclic amines) is 1. The largest absolute Gasteiger partial charge is 0.377 e. The van der Waals surface area contributed by atoms with Gasteiger partial charge in [-0.05, 0) is 72.4 Å². The standard InChI is InChI=1S/C28H35N3O2S/c1-30(2)27-14-13-21(25-11-4-5-12-26(25)27)20-31-17-16-28(15-7-10-24(31)19-28)22-8-6-9-23(18-22)29-34(3,32)33/h4-6,8-9,11-14,18,24,29H,7,10,15-17,19-20H2,1-3H3. The minimum atomic E-state index is -3.28. The van der Waals surface area contributed by atoms with Crippen molar-refractivity contribution in [3.05, 3.63) is 71.8 Å². The first kappa shape index (κ1) is 23.2. The molecule has 34 heavy (non-hydrogen) atoms. The van der Waals surface area contributed by atoms with E-state index in [0.717, 1.165) is 25.9 Å². The maximum absolute atomic E-state index is 11.7. The highest BCUT2D eigenvalue weighted by molar-refractivity contribution is 7.92. The van der Waals surface area contributed by atoms with Crippen molar-refractivity contribution in [3.63, 3.8) is 0 Å². The summed E-state index contributed by atoms with van der Waals surface area (Å²) in [4.78, 5) is 4.88. The molecular formula is C28H35N3O2S. The van der Waals surface area contributed by atoms with Crippen molar-refractivity contribution >= 4 is 32.2 Å². The van der Waals surface area contributed by atoms with E-state index < -0.39 is 10.0 Å². The summed E-state index contributed by atoms with van der Waals surface area (Å²) < 4.78 is 26.2. The van der Waals surface area contributed by atoms with Crippen LogP contribution in [-0.2, 0) is 22.0 Å². The molecule has 3 aromatic rings. The van der Waals surface area contributed by atoms with Crippen molar-refractivity contribution < 1.29 is 8.42 Å². The Morgan fingerprint density at radius 3 is 2.59 bits per heavy atom. The van der Waals surface area contributed by atoms with Crippen molar-refractivity contribution in [1.29, 1.82) is 0 Å². The predicted molar refractivity (Wildman–Crippen MR) is 142 cm³/mol. The lowest BCUT2D eigenvalue weighted by Gasteiger charge is -2.51. The van der Waals surface area contributed by atoms with Crippen LogP contribution in [0.25, 0.3) is 10.8 Å². The maximum atomic E-state index is 11.7. The van der Waals surface area contributed by atoms with Gasteiger partial charge in [0.05, 0.1) is 6.26 Å². The summed E-state index contributed by atoms with van der Waals surface area (Å²) in [5.74, 6) is 0. The minimum absolute atomic E-state index is 0.144. The van der Waals surface area contributed by atoms with Gasteiger partial charge in [-0.15, -0.1) is 0 Å². The van der Waals surface area contributed by atoms with E-state index in [4.69, 9.17) is 0 Å². The Labute approximate surface area is 203 Å².